The van der Waals surface area contributed by atoms with E-state index in [-0.39, 0.29) is 0 Å². The maximum Gasteiger partial charge on any atom is 0.335 e. The maximum atomic E-state index is 13.8. The van der Waals surface area contributed by atoms with Gasteiger partial charge in [0, 0.05) is 5.69 Å². The topological polar surface area (TPSA) is 58.6 Å². The molecule has 0 aromatic heterocycles. The van der Waals surface area contributed by atoms with Gasteiger partial charge < -0.3 is 15.2 Å². The summed E-state index contributed by atoms with van der Waals surface area (Å²) in [4.78, 5) is 10.7. The van der Waals surface area contributed by atoms with Gasteiger partial charge in [0.15, 0.2) is 11.6 Å². The average molecular weight is 358 g/mol. The van der Waals surface area contributed by atoms with Crippen molar-refractivity contribution in [3.05, 3.63) is 52.0 Å². The van der Waals surface area contributed by atoms with Gasteiger partial charge in [0.1, 0.15) is 11.4 Å². The summed E-state index contributed by atoms with van der Waals surface area (Å²) in [5, 5.41) is 11.3. The van der Waals surface area contributed by atoms with Gasteiger partial charge in [-0.15, -0.1) is 0 Å². The molecule has 0 bridgehead atoms. The predicted octanol–water partition coefficient (Wildman–Crippen LogP) is 4.18. The number of carbonyl (C=O) groups is 1. The number of hydrogen-bond acceptors (Lipinski definition) is 3. The number of aromatic carboxylic acids is 1. The standard InChI is InChI=1S/C14H10BrF2NO3/c1-21-12-3-2-8(6-9(12)15)18-13-10(16)4-7(14(19)20)5-11(13)17/h2-6,18H,1H3,(H,19,20). The number of carboxylic acid groups (broad SMARTS) is 1. The second-order valence-corrected chi connectivity index (χ2v) is 4.95. The number of methoxy groups -OCH3 is 1. The molecule has 0 fully saturated rings. The van der Waals surface area contributed by atoms with Crippen LogP contribution in [-0.4, -0.2) is 18.2 Å². The van der Waals surface area contributed by atoms with Crippen molar-refractivity contribution < 1.29 is 23.4 Å². The van der Waals surface area contributed by atoms with Crippen LogP contribution in [0.1, 0.15) is 10.4 Å². The zero-order valence-electron chi connectivity index (χ0n) is 10.8. The van der Waals surface area contributed by atoms with Crippen molar-refractivity contribution in [2.45, 2.75) is 0 Å². The number of ether oxygens (including phenoxy) is 1. The van der Waals surface area contributed by atoms with E-state index in [9.17, 15) is 13.6 Å². The molecule has 0 amide bonds. The Morgan fingerprint density at radius 3 is 2.33 bits per heavy atom. The third-order valence-corrected chi connectivity index (χ3v) is 3.33. The molecule has 0 aliphatic carbocycles. The van der Waals surface area contributed by atoms with Crippen molar-refractivity contribution in [3.63, 3.8) is 0 Å². The van der Waals surface area contributed by atoms with Crippen molar-refractivity contribution in [2.75, 3.05) is 12.4 Å². The fraction of sp³-hybridized carbons (Fsp3) is 0.0714. The van der Waals surface area contributed by atoms with Crippen LogP contribution in [0.5, 0.6) is 5.75 Å². The van der Waals surface area contributed by atoms with Gasteiger partial charge in [-0.2, -0.15) is 0 Å². The van der Waals surface area contributed by atoms with E-state index in [4.69, 9.17) is 9.84 Å². The molecular weight excluding hydrogens is 348 g/mol. The van der Waals surface area contributed by atoms with Crippen molar-refractivity contribution in [2.24, 2.45) is 0 Å². The minimum absolute atomic E-state index is 0.419. The highest BCUT2D eigenvalue weighted by Crippen LogP contribution is 2.31. The Hall–Kier alpha value is -2.15. The van der Waals surface area contributed by atoms with Gasteiger partial charge in [-0.05, 0) is 46.3 Å². The Morgan fingerprint density at radius 2 is 1.86 bits per heavy atom. The molecule has 4 nitrogen and oxygen atoms in total. The molecule has 0 heterocycles. The first-order valence-electron chi connectivity index (χ1n) is 5.75. The Labute approximate surface area is 127 Å². The number of halogens is 3. The van der Waals surface area contributed by atoms with Crippen LogP contribution < -0.4 is 10.1 Å². The summed E-state index contributed by atoms with van der Waals surface area (Å²) >= 11 is 3.26. The first-order chi connectivity index (χ1) is 9.92. The van der Waals surface area contributed by atoms with Gasteiger partial charge in [-0.1, -0.05) is 0 Å². The van der Waals surface area contributed by atoms with Crippen LogP contribution >= 0.6 is 15.9 Å². The molecule has 0 atom stereocenters. The quantitative estimate of drug-likeness (QED) is 0.861. The molecule has 0 unspecified atom stereocenters. The molecule has 2 rings (SSSR count). The minimum atomic E-state index is -1.40. The first kappa shape index (κ1) is 15.2. The van der Waals surface area contributed by atoms with Crippen LogP contribution in [0.15, 0.2) is 34.8 Å². The highest BCUT2D eigenvalue weighted by atomic mass is 79.9. The molecule has 110 valence electrons. The van der Waals surface area contributed by atoms with Crippen LogP contribution in [-0.2, 0) is 0 Å². The van der Waals surface area contributed by atoms with Gasteiger partial charge in [0.25, 0.3) is 0 Å². The predicted molar refractivity (Wildman–Crippen MR) is 77.3 cm³/mol. The van der Waals surface area contributed by atoms with Crippen LogP contribution in [0.25, 0.3) is 0 Å². The molecule has 2 N–H and O–H groups in total. The summed E-state index contributed by atoms with van der Waals surface area (Å²) in [5.41, 5.74) is -0.452. The van der Waals surface area contributed by atoms with E-state index in [0.29, 0.717) is 15.9 Å². The highest BCUT2D eigenvalue weighted by Gasteiger charge is 2.15. The van der Waals surface area contributed by atoms with Crippen LogP contribution in [0.4, 0.5) is 20.2 Å². The van der Waals surface area contributed by atoms with Gasteiger partial charge in [0.2, 0.25) is 0 Å². The van der Waals surface area contributed by atoms with Crippen molar-refractivity contribution in [1.29, 1.82) is 0 Å². The van der Waals surface area contributed by atoms with E-state index in [1.165, 1.54) is 7.11 Å². The van der Waals surface area contributed by atoms with Crippen molar-refractivity contribution in [3.8, 4) is 5.75 Å². The summed E-state index contributed by atoms with van der Waals surface area (Å²) in [6.45, 7) is 0. The lowest BCUT2D eigenvalue weighted by molar-refractivity contribution is 0.0696. The number of hydrogen-bond donors (Lipinski definition) is 2. The summed E-state index contributed by atoms with van der Waals surface area (Å²) in [5.74, 6) is -2.80. The molecule has 2 aromatic rings. The summed E-state index contributed by atoms with van der Waals surface area (Å²) in [6.07, 6.45) is 0. The van der Waals surface area contributed by atoms with E-state index in [1.807, 2.05) is 0 Å². The highest BCUT2D eigenvalue weighted by molar-refractivity contribution is 9.10. The first-order valence-corrected chi connectivity index (χ1v) is 6.54. The largest absolute Gasteiger partial charge is 0.496 e. The third kappa shape index (κ3) is 3.30. The molecule has 0 saturated heterocycles. The number of nitrogens with one attached hydrogen (secondary N) is 1. The molecule has 2 aromatic carbocycles. The second kappa shape index (κ2) is 6.09. The number of anilines is 2. The zero-order chi connectivity index (χ0) is 15.6. The van der Waals surface area contributed by atoms with Crippen LogP contribution in [0.3, 0.4) is 0 Å². The number of carboxylic acids is 1. The Balaban J connectivity index is 2.35. The lowest BCUT2D eigenvalue weighted by Gasteiger charge is -2.11. The fourth-order valence-corrected chi connectivity index (χ4v) is 2.25. The molecule has 0 saturated carbocycles. The lowest BCUT2D eigenvalue weighted by Crippen LogP contribution is -2.03. The molecule has 0 radical (unpaired) electrons. The molecule has 21 heavy (non-hydrogen) atoms. The SMILES string of the molecule is COc1ccc(Nc2c(F)cc(C(=O)O)cc2F)cc1Br. The van der Waals surface area contributed by atoms with E-state index in [2.05, 4.69) is 21.2 Å². The minimum Gasteiger partial charge on any atom is -0.496 e. The average Bonchev–Trinajstić information content (AvgIpc) is 2.42. The summed E-state index contributed by atoms with van der Waals surface area (Å²) in [6, 6.07) is 6.29. The van der Waals surface area contributed by atoms with Crippen molar-refractivity contribution in [1.82, 2.24) is 0 Å². The van der Waals surface area contributed by atoms with Crippen LogP contribution in [0, 0.1) is 11.6 Å². The molecule has 0 spiro atoms. The Kier molecular flexibility index (Phi) is 4.42. The Bertz CT molecular complexity index is 684. The Morgan fingerprint density at radius 1 is 1.24 bits per heavy atom. The van der Waals surface area contributed by atoms with Gasteiger partial charge in [-0.25, -0.2) is 13.6 Å². The summed E-state index contributed by atoms with van der Waals surface area (Å²) in [7, 11) is 1.50. The smallest absolute Gasteiger partial charge is 0.335 e. The number of rotatable bonds is 4. The van der Waals surface area contributed by atoms with Gasteiger partial charge in [0.05, 0.1) is 17.1 Å². The normalized spacial score (nSPS) is 10.3. The van der Waals surface area contributed by atoms with E-state index < -0.39 is 28.9 Å². The van der Waals surface area contributed by atoms with Crippen molar-refractivity contribution >= 4 is 33.3 Å². The number of benzene rings is 2. The summed E-state index contributed by atoms with van der Waals surface area (Å²) < 4.78 is 33.3. The van der Waals surface area contributed by atoms with Gasteiger partial charge >= 0.3 is 5.97 Å². The molecule has 7 heteroatoms. The zero-order valence-corrected chi connectivity index (χ0v) is 12.4. The molecular formula is C14H10BrF2NO3. The third-order valence-electron chi connectivity index (χ3n) is 2.71. The van der Waals surface area contributed by atoms with E-state index in [0.717, 1.165) is 12.1 Å². The van der Waals surface area contributed by atoms with Crippen LogP contribution in [0.2, 0.25) is 0 Å². The lowest BCUT2D eigenvalue weighted by atomic mass is 10.1. The fourth-order valence-electron chi connectivity index (χ4n) is 1.70. The van der Waals surface area contributed by atoms with Gasteiger partial charge in [-0.3, -0.25) is 0 Å². The monoisotopic (exact) mass is 357 g/mol. The molecule has 0 aliphatic rings. The second-order valence-electron chi connectivity index (χ2n) is 4.09. The molecule has 0 aliphatic heterocycles. The maximum absolute atomic E-state index is 13.8. The van der Waals surface area contributed by atoms with E-state index >= 15 is 0 Å². The van der Waals surface area contributed by atoms with E-state index in [1.54, 1.807) is 18.2 Å².